The number of aryl methyl sites for hydroxylation is 1. The molecule has 0 bridgehead atoms. The molecule has 1 atom stereocenters. The van der Waals surface area contributed by atoms with Crippen LogP contribution in [0.5, 0.6) is 0 Å². The normalized spacial score (nSPS) is 12.4. The van der Waals surface area contributed by atoms with Gasteiger partial charge in [0.1, 0.15) is 0 Å². The summed E-state index contributed by atoms with van der Waals surface area (Å²) in [4.78, 5) is 4.37. The third-order valence-electron chi connectivity index (χ3n) is 2.93. The minimum absolute atomic E-state index is 0.324. The van der Waals surface area contributed by atoms with Gasteiger partial charge in [-0.25, -0.2) is 0 Å². The Morgan fingerprint density at radius 3 is 2.71 bits per heavy atom. The first kappa shape index (κ1) is 11.8. The van der Waals surface area contributed by atoms with Gasteiger partial charge in [-0.1, -0.05) is 35.9 Å². The van der Waals surface area contributed by atoms with Crippen LogP contribution in [0.3, 0.4) is 0 Å². The van der Waals surface area contributed by atoms with Gasteiger partial charge in [0.2, 0.25) is 0 Å². The second-order valence-corrected chi connectivity index (χ2v) is 4.28. The Kier molecular flexibility index (Phi) is 3.89. The van der Waals surface area contributed by atoms with Gasteiger partial charge in [0.25, 0.3) is 0 Å². The van der Waals surface area contributed by atoms with Crippen molar-refractivity contribution in [3.05, 3.63) is 65.5 Å². The maximum Gasteiger partial charge on any atom is 0.0422 e. The highest BCUT2D eigenvalue weighted by Crippen LogP contribution is 2.17. The molecule has 2 aromatic rings. The number of pyridine rings is 1. The smallest absolute Gasteiger partial charge is 0.0422 e. The summed E-state index contributed by atoms with van der Waals surface area (Å²) in [6.07, 6.45) is 2.76. The largest absolute Gasteiger partial charge is 0.313 e. The summed E-state index contributed by atoms with van der Waals surface area (Å²) < 4.78 is 0. The zero-order chi connectivity index (χ0) is 12.1. The molecule has 0 aliphatic carbocycles. The molecule has 0 amide bonds. The molecule has 1 N–H and O–H groups in total. The SMILES string of the molecule is CNC(Cc1ccccn1)c1cccc(C)c1. The van der Waals surface area contributed by atoms with Crippen molar-refractivity contribution in [2.75, 3.05) is 7.05 Å². The quantitative estimate of drug-likeness (QED) is 0.867. The summed E-state index contributed by atoms with van der Waals surface area (Å²) in [7, 11) is 2.00. The topological polar surface area (TPSA) is 24.9 Å². The Balaban J connectivity index is 2.17. The van der Waals surface area contributed by atoms with Crippen LogP contribution < -0.4 is 5.32 Å². The number of rotatable bonds is 4. The van der Waals surface area contributed by atoms with Crippen molar-refractivity contribution in [3.63, 3.8) is 0 Å². The molecule has 0 fully saturated rings. The molecule has 1 aromatic carbocycles. The molecular formula is C15H18N2. The maximum atomic E-state index is 4.37. The summed E-state index contributed by atoms with van der Waals surface area (Å²) in [6, 6.07) is 15.0. The molecule has 17 heavy (non-hydrogen) atoms. The van der Waals surface area contributed by atoms with E-state index in [9.17, 15) is 0 Å². The number of nitrogens with one attached hydrogen (secondary N) is 1. The van der Waals surface area contributed by atoms with Crippen molar-refractivity contribution in [3.8, 4) is 0 Å². The lowest BCUT2D eigenvalue weighted by Gasteiger charge is -2.16. The Hall–Kier alpha value is -1.67. The lowest BCUT2D eigenvalue weighted by atomic mass is 10.00. The van der Waals surface area contributed by atoms with Gasteiger partial charge in [-0.15, -0.1) is 0 Å². The molecule has 0 spiro atoms. The second kappa shape index (κ2) is 5.60. The third-order valence-corrected chi connectivity index (χ3v) is 2.93. The van der Waals surface area contributed by atoms with Crippen LogP contribution >= 0.6 is 0 Å². The minimum atomic E-state index is 0.324. The van der Waals surface area contributed by atoms with Gasteiger partial charge in [-0.3, -0.25) is 4.98 Å². The first-order chi connectivity index (χ1) is 8.29. The van der Waals surface area contributed by atoms with Crippen LogP contribution in [0.1, 0.15) is 22.9 Å². The van der Waals surface area contributed by atoms with E-state index in [0.29, 0.717) is 6.04 Å². The highest BCUT2D eigenvalue weighted by atomic mass is 14.9. The van der Waals surface area contributed by atoms with Gasteiger partial charge < -0.3 is 5.32 Å². The maximum absolute atomic E-state index is 4.37. The summed E-state index contributed by atoms with van der Waals surface area (Å²) in [5, 5.41) is 3.35. The van der Waals surface area contributed by atoms with Gasteiger partial charge in [0.05, 0.1) is 0 Å². The van der Waals surface area contributed by atoms with Gasteiger partial charge in [0, 0.05) is 24.4 Å². The van der Waals surface area contributed by atoms with Gasteiger partial charge in [-0.05, 0) is 31.7 Å². The van der Waals surface area contributed by atoms with Crippen molar-refractivity contribution in [1.82, 2.24) is 10.3 Å². The fourth-order valence-corrected chi connectivity index (χ4v) is 2.00. The average molecular weight is 226 g/mol. The van der Waals surface area contributed by atoms with Gasteiger partial charge >= 0.3 is 0 Å². The van der Waals surface area contributed by atoms with E-state index in [1.54, 1.807) is 0 Å². The summed E-state index contributed by atoms with van der Waals surface area (Å²) in [6.45, 7) is 2.12. The van der Waals surface area contributed by atoms with Crippen molar-refractivity contribution < 1.29 is 0 Å². The predicted molar refractivity (Wildman–Crippen MR) is 70.9 cm³/mol. The first-order valence-electron chi connectivity index (χ1n) is 5.93. The van der Waals surface area contributed by atoms with Crippen LogP contribution in [0.4, 0.5) is 0 Å². The van der Waals surface area contributed by atoms with Crippen molar-refractivity contribution in [2.45, 2.75) is 19.4 Å². The monoisotopic (exact) mass is 226 g/mol. The molecule has 88 valence electrons. The van der Waals surface area contributed by atoms with E-state index in [0.717, 1.165) is 12.1 Å². The lowest BCUT2D eigenvalue weighted by Crippen LogP contribution is -2.19. The molecule has 1 unspecified atom stereocenters. The van der Waals surface area contributed by atoms with E-state index in [4.69, 9.17) is 0 Å². The van der Waals surface area contributed by atoms with Crippen LogP contribution in [0.2, 0.25) is 0 Å². The molecule has 2 rings (SSSR count). The van der Waals surface area contributed by atoms with Crippen LogP contribution in [0.25, 0.3) is 0 Å². The summed E-state index contributed by atoms with van der Waals surface area (Å²) in [5.74, 6) is 0. The molecule has 0 saturated carbocycles. The molecule has 2 nitrogen and oxygen atoms in total. The van der Waals surface area contributed by atoms with Crippen molar-refractivity contribution in [1.29, 1.82) is 0 Å². The molecule has 0 radical (unpaired) electrons. The fourth-order valence-electron chi connectivity index (χ4n) is 2.00. The first-order valence-corrected chi connectivity index (χ1v) is 5.93. The number of hydrogen-bond acceptors (Lipinski definition) is 2. The van der Waals surface area contributed by atoms with Crippen molar-refractivity contribution >= 4 is 0 Å². The number of hydrogen-bond donors (Lipinski definition) is 1. The predicted octanol–water partition coefficient (Wildman–Crippen LogP) is 2.89. The minimum Gasteiger partial charge on any atom is -0.313 e. The standard InChI is InChI=1S/C15H18N2/c1-12-6-5-7-13(10-12)15(16-2)11-14-8-3-4-9-17-14/h3-10,15-16H,11H2,1-2H3. The molecular weight excluding hydrogens is 208 g/mol. The van der Waals surface area contributed by atoms with E-state index in [1.165, 1.54) is 11.1 Å². The average Bonchev–Trinajstić information content (AvgIpc) is 2.37. The zero-order valence-corrected chi connectivity index (χ0v) is 10.4. The highest BCUT2D eigenvalue weighted by molar-refractivity contribution is 5.26. The fraction of sp³-hybridized carbons (Fsp3) is 0.267. The summed E-state index contributed by atoms with van der Waals surface area (Å²) >= 11 is 0. The molecule has 1 heterocycles. The van der Waals surface area contributed by atoms with E-state index in [2.05, 4.69) is 47.6 Å². The van der Waals surface area contributed by atoms with E-state index < -0.39 is 0 Å². The molecule has 1 aromatic heterocycles. The Morgan fingerprint density at radius 1 is 1.18 bits per heavy atom. The van der Waals surface area contributed by atoms with Crippen LogP contribution in [0, 0.1) is 6.92 Å². The zero-order valence-electron chi connectivity index (χ0n) is 10.4. The van der Waals surface area contributed by atoms with E-state index >= 15 is 0 Å². The molecule has 0 aliphatic heterocycles. The molecule has 0 saturated heterocycles. The van der Waals surface area contributed by atoms with E-state index in [-0.39, 0.29) is 0 Å². The van der Waals surface area contributed by atoms with Crippen LogP contribution in [0.15, 0.2) is 48.7 Å². The van der Waals surface area contributed by atoms with Crippen LogP contribution in [-0.4, -0.2) is 12.0 Å². The van der Waals surface area contributed by atoms with Gasteiger partial charge in [0.15, 0.2) is 0 Å². The number of likely N-dealkylation sites (N-methyl/N-ethyl adjacent to an activating group) is 1. The summed E-state index contributed by atoms with van der Waals surface area (Å²) in [5.41, 5.74) is 3.73. The lowest BCUT2D eigenvalue weighted by molar-refractivity contribution is 0.584. The Bertz CT molecular complexity index is 465. The Morgan fingerprint density at radius 2 is 2.06 bits per heavy atom. The number of nitrogens with zero attached hydrogens (tertiary/aromatic N) is 1. The van der Waals surface area contributed by atoms with E-state index in [1.807, 2.05) is 25.4 Å². The molecule has 2 heteroatoms. The number of benzene rings is 1. The Labute approximate surface area is 103 Å². The second-order valence-electron chi connectivity index (χ2n) is 4.28. The third kappa shape index (κ3) is 3.14. The highest BCUT2D eigenvalue weighted by Gasteiger charge is 2.10. The molecule has 0 aliphatic rings. The van der Waals surface area contributed by atoms with Gasteiger partial charge in [-0.2, -0.15) is 0 Å². The van der Waals surface area contributed by atoms with Crippen molar-refractivity contribution in [2.24, 2.45) is 0 Å². The number of aromatic nitrogens is 1. The van der Waals surface area contributed by atoms with Crippen LogP contribution in [-0.2, 0) is 6.42 Å².